The summed E-state index contributed by atoms with van der Waals surface area (Å²) in [7, 11) is 0. The van der Waals surface area contributed by atoms with E-state index in [2.05, 4.69) is 112 Å². The van der Waals surface area contributed by atoms with Crippen LogP contribution in [0.3, 0.4) is 0 Å². The van der Waals surface area contributed by atoms with Gasteiger partial charge in [0.15, 0.2) is 0 Å². The Balaban J connectivity index is 0.00000204. The maximum Gasteiger partial charge on any atom is -1.00 e. The Morgan fingerprint density at radius 2 is 1.21 bits per heavy atom. The van der Waals surface area contributed by atoms with Crippen LogP contribution in [0, 0.1) is 13.8 Å². The summed E-state index contributed by atoms with van der Waals surface area (Å²) in [4.78, 5) is 0. The molecule has 0 amide bonds. The zero-order valence-electron chi connectivity index (χ0n) is 22.6. The van der Waals surface area contributed by atoms with E-state index in [0.717, 1.165) is 0 Å². The van der Waals surface area contributed by atoms with Crippen molar-refractivity contribution in [3.05, 3.63) is 79.2 Å². The van der Waals surface area contributed by atoms with E-state index in [0.29, 0.717) is 3.63 Å². The van der Waals surface area contributed by atoms with Crippen molar-refractivity contribution in [2.75, 3.05) is 0 Å². The van der Waals surface area contributed by atoms with Crippen molar-refractivity contribution in [1.29, 1.82) is 0 Å². The minimum atomic E-state index is -2.09. The van der Waals surface area contributed by atoms with Crippen LogP contribution >= 0.6 is 0 Å². The molecule has 182 valence electrons. The molecule has 0 saturated heterocycles. The molecule has 0 atom stereocenters. The Kier molecular flexibility index (Phi) is 8.95. The molecule has 0 aliphatic heterocycles. The zero-order chi connectivity index (χ0) is 23.6. The second-order valence-electron chi connectivity index (χ2n) is 12.2. The minimum Gasteiger partial charge on any atom is -1.00 e. The molecule has 0 bridgehead atoms. The summed E-state index contributed by atoms with van der Waals surface area (Å²) in [5.74, 6) is 0. The Morgan fingerprint density at radius 3 is 1.53 bits per heavy atom. The Bertz CT molecular complexity index is 1120. The number of allylic oxidation sites excluding steroid dienone is 4. The molecule has 0 saturated carbocycles. The van der Waals surface area contributed by atoms with Crippen molar-refractivity contribution >= 4 is 3.21 Å². The Labute approximate surface area is 228 Å². The smallest absolute Gasteiger partial charge is 1.00 e. The van der Waals surface area contributed by atoms with E-state index in [9.17, 15) is 0 Å². The molecule has 0 heterocycles. The summed E-state index contributed by atoms with van der Waals surface area (Å²) >= 11 is -2.09. The van der Waals surface area contributed by atoms with Crippen LogP contribution in [0.5, 0.6) is 0 Å². The molecule has 2 aliphatic rings. The van der Waals surface area contributed by atoms with Crippen molar-refractivity contribution in [3.8, 4) is 11.1 Å². The van der Waals surface area contributed by atoms with E-state index in [-0.39, 0.29) is 35.6 Å². The van der Waals surface area contributed by atoms with Gasteiger partial charge in [-0.25, -0.2) is 0 Å². The van der Waals surface area contributed by atoms with Crippen molar-refractivity contribution in [2.24, 2.45) is 0 Å². The quantitative estimate of drug-likeness (QED) is 0.518. The number of fused-ring (bicyclic) bond motifs is 3. The van der Waals surface area contributed by atoms with Crippen molar-refractivity contribution in [3.63, 3.8) is 0 Å². The molecule has 2 aliphatic carbocycles. The first kappa shape index (κ1) is 29.5. The molecule has 0 radical (unpaired) electrons. The predicted molar refractivity (Wildman–Crippen MR) is 139 cm³/mol. The van der Waals surface area contributed by atoms with Gasteiger partial charge in [0.25, 0.3) is 0 Å². The van der Waals surface area contributed by atoms with Gasteiger partial charge >= 0.3 is 205 Å². The standard InChI is InChI=1S/C23H29.C5H5.C3H6.2ClH.Zr/c1-14-9-16(22(3,4)5)11-20-18(14)13-19-15(2)10-17(12-21(19)20)23(6,7)8;1-2-4-5-3-1;1-3-2;;;/h9-13H,1-8H3;1-3H,4H2;1-2H3;2*1H;/q;;;;;+2/p-2. The summed E-state index contributed by atoms with van der Waals surface area (Å²) in [5.41, 5.74) is 12.6. The van der Waals surface area contributed by atoms with Gasteiger partial charge in [-0.3, -0.25) is 0 Å². The molecule has 2 aromatic rings. The van der Waals surface area contributed by atoms with Crippen LogP contribution in [-0.4, -0.2) is 3.21 Å². The SMILES string of the molecule is C[C](C)=[Zr+2]([C]1=CC=CC1)[CH]1c2c(C)cc(C(C)(C)C)cc2-c2cc(C(C)(C)C)cc(C)c21.[Cl-].[Cl-]. The number of halogens is 2. The van der Waals surface area contributed by atoms with Gasteiger partial charge in [0.2, 0.25) is 0 Å². The van der Waals surface area contributed by atoms with Crippen LogP contribution in [0.2, 0.25) is 0 Å². The van der Waals surface area contributed by atoms with E-state index in [1.165, 1.54) is 39.8 Å². The van der Waals surface area contributed by atoms with Crippen LogP contribution in [0.4, 0.5) is 0 Å². The molecule has 0 spiro atoms. The van der Waals surface area contributed by atoms with Gasteiger partial charge in [0.05, 0.1) is 0 Å². The van der Waals surface area contributed by atoms with Crippen LogP contribution in [0.15, 0.2) is 45.8 Å². The predicted octanol–water partition coefficient (Wildman–Crippen LogP) is 2.65. The molecular formula is C31H40Cl2Zr. The molecule has 34 heavy (non-hydrogen) atoms. The minimum absolute atomic E-state index is 0. The van der Waals surface area contributed by atoms with Crippen molar-refractivity contribution < 1.29 is 46.1 Å². The average Bonchev–Trinajstić information content (AvgIpc) is 3.28. The van der Waals surface area contributed by atoms with Crippen LogP contribution in [0.25, 0.3) is 11.1 Å². The topological polar surface area (TPSA) is 0 Å². The maximum absolute atomic E-state index is 2.54. The second-order valence-corrected chi connectivity index (χ2v) is 19.7. The largest absolute Gasteiger partial charge is 1.00 e. The molecule has 0 aromatic heterocycles. The number of hydrogen-bond acceptors (Lipinski definition) is 0. The normalized spacial score (nSPS) is 14.4. The molecule has 2 aromatic carbocycles. The van der Waals surface area contributed by atoms with E-state index < -0.39 is 21.3 Å². The first-order chi connectivity index (χ1) is 14.8. The van der Waals surface area contributed by atoms with Gasteiger partial charge in [-0.1, -0.05) is 0 Å². The average molecular weight is 575 g/mol. The molecule has 0 nitrogen and oxygen atoms in total. The van der Waals surface area contributed by atoms with Gasteiger partial charge in [0.1, 0.15) is 0 Å². The monoisotopic (exact) mass is 572 g/mol. The zero-order valence-corrected chi connectivity index (χ0v) is 26.6. The van der Waals surface area contributed by atoms with Crippen LogP contribution in [0.1, 0.15) is 98.8 Å². The second kappa shape index (κ2) is 10.3. The van der Waals surface area contributed by atoms with E-state index in [1.807, 2.05) is 0 Å². The Hall–Kier alpha value is -0.747. The summed E-state index contributed by atoms with van der Waals surface area (Å²) < 4.78 is 4.07. The third-order valence-electron chi connectivity index (χ3n) is 7.32. The van der Waals surface area contributed by atoms with E-state index in [4.69, 9.17) is 0 Å². The van der Waals surface area contributed by atoms with E-state index in [1.54, 1.807) is 17.6 Å². The van der Waals surface area contributed by atoms with Crippen molar-refractivity contribution in [2.45, 2.75) is 90.1 Å². The summed E-state index contributed by atoms with van der Waals surface area (Å²) in [6.45, 7) is 23.7. The van der Waals surface area contributed by atoms with E-state index >= 15 is 0 Å². The fourth-order valence-corrected chi connectivity index (χ4v) is 14.3. The fourth-order valence-electron chi connectivity index (χ4n) is 5.55. The molecular weight excluding hydrogens is 534 g/mol. The van der Waals surface area contributed by atoms with Gasteiger partial charge in [-0.15, -0.1) is 0 Å². The summed E-state index contributed by atoms with van der Waals surface area (Å²) in [6.07, 6.45) is 8.28. The number of rotatable bonds is 2. The molecule has 4 rings (SSSR count). The summed E-state index contributed by atoms with van der Waals surface area (Å²) in [5, 5.41) is 0. The van der Waals surface area contributed by atoms with Gasteiger partial charge in [-0.2, -0.15) is 0 Å². The first-order valence-electron chi connectivity index (χ1n) is 12.1. The fraction of sp³-hybridized carbons (Fsp3) is 0.452. The van der Waals surface area contributed by atoms with Gasteiger partial charge < -0.3 is 24.8 Å². The molecule has 0 unspecified atom stereocenters. The van der Waals surface area contributed by atoms with Crippen LogP contribution in [-0.2, 0) is 32.1 Å². The molecule has 0 fully saturated rings. The number of aryl methyl sites for hydroxylation is 2. The molecule has 0 N–H and O–H groups in total. The van der Waals surface area contributed by atoms with Gasteiger partial charge in [-0.05, 0) is 0 Å². The molecule has 3 heteroatoms. The Morgan fingerprint density at radius 1 is 0.765 bits per heavy atom. The number of hydrogen-bond donors (Lipinski definition) is 0. The maximum atomic E-state index is 2.54. The summed E-state index contributed by atoms with van der Waals surface area (Å²) in [6, 6.07) is 10.1. The third-order valence-corrected chi connectivity index (χ3v) is 15.4. The van der Waals surface area contributed by atoms with Crippen molar-refractivity contribution in [1.82, 2.24) is 0 Å². The number of benzene rings is 2. The van der Waals surface area contributed by atoms with Crippen LogP contribution < -0.4 is 24.8 Å². The first-order valence-corrected chi connectivity index (χ1v) is 16.0. The third kappa shape index (κ3) is 5.19. The van der Waals surface area contributed by atoms with Gasteiger partial charge in [0, 0.05) is 0 Å².